The predicted octanol–water partition coefficient (Wildman–Crippen LogP) is 9.73. The van der Waals surface area contributed by atoms with Crippen LogP contribution >= 0.6 is 0 Å². The first-order chi connectivity index (χ1) is 24.9. The molecule has 0 radical (unpaired) electrons. The molecule has 0 aliphatic rings. The first kappa shape index (κ1) is 52.0. The van der Waals surface area contributed by atoms with Crippen LogP contribution in [0.4, 0.5) is 0 Å². The third-order valence-corrected chi connectivity index (χ3v) is 10.1. The number of rotatable bonds is 7. The number of nitrogens with zero attached hydrogens (tertiary/aromatic N) is 1. The van der Waals surface area contributed by atoms with E-state index in [-0.39, 0.29) is 83.0 Å². The summed E-state index contributed by atoms with van der Waals surface area (Å²) in [5.74, 6) is -0.270. The van der Waals surface area contributed by atoms with Crippen LogP contribution in [0, 0.1) is 0 Å². The van der Waals surface area contributed by atoms with Crippen LogP contribution in [0.1, 0.15) is 189 Å². The third-order valence-electron chi connectivity index (χ3n) is 10.1. The van der Waals surface area contributed by atoms with Crippen molar-refractivity contribution in [3.63, 3.8) is 0 Å². The molecule has 0 spiro atoms. The zero-order valence-electron chi connectivity index (χ0n) is 39.2. The van der Waals surface area contributed by atoms with Gasteiger partial charge in [-0.2, -0.15) is 0 Å². The van der Waals surface area contributed by atoms with Gasteiger partial charge in [0.25, 0.3) is 0 Å². The molecule has 7 heteroatoms. The molecule has 0 bridgehead atoms. The average Bonchev–Trinajstić information content (AvgIpc) is 2.96. The number of allylic oxidation sites excluding steroid dienone is 2. The molecule has 0 unspecified atom stereocenters. The van der Waals surface area contributed by atoms with Crippen LogP contribution in [-0.4, -0.2) is 10.7 Å². The molecule has 0 aromatic heterocycles. The van der Waals surface area contributed by atoms with Gasteiger partial charge in [-0.25, -0.2) is 0 Å². The molecule has 3 rings (SSSR count). The Balaban J connectivity index is 0.00000185. The van der Waals surface area contributed by atoms with E-state index in [1.54, 1.807) is 0 Å². The van der Waals surface area contributed by atoms with E-state index in [4.69, 9.17) is 0 Å². The fraction of sp³-hybridized carbons (Fsp3) is 0.580. The summed E-state index contributed by atoms with van der Waals surface area (Å²) in [7, 11) is 0. The van der Waals surface area contributed by atoms with Gasteiger partial charge < -0.3 is 20.4 Å². The van der Waals surface area contributed by atoms with Crippen molar-refractivity contribution < 1.29 is 46.9 Å². The molecule has 0 fully saturated rings. The summed E-state index contributed by atoms with van der Waals surface area (Å²) in [5.41, 5.74) is 6.27. The number of ketones is 1. The van der Waals surface area contributed by atoms with Crippen molar-refractivity contribution in [2.24, 2.45) is 0 Å². The van der Waals surface area contributed by atoms with Gasteiger partial charge in [-0.05, 0) is 95.6 Å². The first-order valence-electron chi connectivity index (χ1n) is 20.1. The molecule has 57 heavy (non-hydrogen) atoms. The second-order valence-corrected chi connectivity index (χ2v) is 22.0. The van der Waals surface area contributed by atoms with Crippen molar-refractivity contribution in [2.75, 3.05) is 0 Å². The van der Waals surface area contributed by atoms with E-state index in [1.165, 1.54) is 13.8 Å². The van der Waals surface area contributed by atoms with Crippen molar-refractivity contribution in [1.29, 1.82) is 0 Å². The molecule has 0 saturated carbocycles. The largest absolute Gasteiger partial charge is 4.00 e. The van der Waals surface area contributed by atoms with Gasteiger partial charge >= 0.3 is 21.7 Å². The molecule has 0 saturated heterocycles. The molecule has 0 amide bonds. The Hall–Kier alpha value is -3.06. The van der Waals surface area contributed by atoms with Crippen molar-refractivity contribution in [2.45, 2.75) is 191 Å². The molecular weight excluding hydrogens is 742 g/mol. The van der Waals surface area contributed by atoms with Gasteiger partial charge in [0.1, 0.15) is 0 Å². The fourth-order valence-electron chi connectivity index (χ4n) is 6.57. The van der Waals surface area contributed by atoms with Crippen LogP contribution in [0.15, 0.2) is 48.2 Å². The Bertz CT molecular complexity index is 1690. The van der Waals surface area contributed by atoms with Crippen LogP contribution < -0.4 is 20.4 Å². The third kappa shape index (κ3) is 14.6. The first-order valence-corrected chi connectivity index (χ1v) is 20.1. The zero-order valence-corrected chi connectivity index (χ0v) is 40.7. The van der Waals surface area contributed by atoms with Gasteiger partial charge in [-0.15, -0.1) is 23.0 Å². The van der Waals surface area contributed by atoms with E-state index >= 15 is 0 Å². The monoisotopic (exact) mass is 815 g/mol. The van der Waals surface area contributed by atoms with Crippen LogP contribution in [-0.2, 0) is 78.6 Å². The van der Waals surface area contributed by atoms with Gasteiger partial charge in [0.05, 0.1) is 0 Å². The molecule has 3 aromatic carbocycles. The summed E-state index contributed by atoms with van der Waals surface area (Å²) in [6.45, 7) is 42.0. The average molecular weight is 816 g/mol. The predicted molar refractivity (Wildman–Crippen MR) is 227 cm³/mol. The molecule has 0 atom stereocenters. The van der Waals surface area contributed by atoms with E-state index in [9.17, 15) is 25.2 Å². The zero-order chi connectivity index (χ0) is 43.7. The standard InChI is InChI=1S/C45H69NO3.C5H8O2.Ti/c1-40(2,3)31-19-28(37(47)34(22-31)43(10,11)12)25-46(26-29-20-32(41(4,5)6)23-35(38(29)48)44(13,14)15)27-30-21-33(42(7,8)9)24-36(39(30)49)45(16,17)18;1-4(6)3-5(2)7;/h19-24,47-49H,25-27H2,1-18H3;3,6H,1-2H3;/q;;+4/p-4/b;4-3-;. The topological polar surface area (TPSA) is 113 Å². The summed E-state index contributed by atoms with van der Waals surface area (Å²) in [5, 5.41) is 52.8. The Morgan fingerprint density at radius 1 is 0.474 bits per heavy atom. The number of benzene rings is 3. The minimum absolute atomic E-state index is 0. The van der Waals surface area contributed by atoms with Crippen LogP contribution in [0.25, 0.3) is 0 Å². The second kappa shape index (κ2) is 18.5. The summed E-state index contributed by atoms with van der Waals surface area (Å²) in [4.78, 5) is 12.1. The molecule has 6 nitrogen and oxygen atoms in total. The molecule has 3 aromatic rings. The van der Waals surface area contributed by atoms with Crippen molar-refractivity contribution in [1.82, 2.24) is 4.90 Å². The van der Waals surface area contributed by atoms with Gasteiger partial charge in [0.15, 0.2) is 5.78 Å². The van der Waals surface area contributed by atoms with Gasteiger partial charge in [0, 0.05) is 19.6 Å². The Morgan fingerprint density at radius 2 is 0.702 bits per heavy atom. The number of carbonyl (C=O) groups is 1. The van der Waals surface area contributed by atoms with Crippen LogP contribution in [0.2, 0.25) is 0 Å². The maximum Gasteiger partial charge on any atom is 4.00 e. The van der Waals surface area contributed by atoms with Gasteiger partial charge in [-0.1, -0.05) is 168 Å². The van der Waals surface area contributed by atoms with E-state index in [1.807, 2.05) is 0 Å². The molecule has 0 heterocycles. The Labute approximate surface area is 362 Å². The smallest absolute Gasteiger partial charge is 0.876 e. The quantitative estimate of drug-likeness (QED) is 0.133. The summed E-state index contributed by atoms with van der Waals surface area (Å²) < 4.78 is 0. The molecular formula is C50H73NO5Ti. The summed E-state index contributed by atoms with van der Waals surface area (Å²) in [6.07, 6.45) is 1.06. The molecule has 312 valence electrons. The summed E-state index contributed by atoms with van der Waals surface area (Å²) in [6, 6.07) is 12.4. The maximum atomic E-state index is 14.3. The summed E-state index contributed by atoms with van der Waals surface area (Å²) >= 11 is 0. The number of hydrogen-bond donors (Lipinski definition) is 0. The van der Waals surface area contributed by atoms with Crippen LogP contribution in [0.3, 0.4) is 0 Å². The minimum atomic E-state index is -0.340. The molecule has 0 N–H and O–H groups in total. The van der Waals surface area contributed by atoms with E-state index in [2.05, 4.69) is 166 Å². The SMILES string of the molecule is CC(=O)/C=C(/C)[O-].CC(C)(C)c1cc(CN(Cc2cc(C(C)(C)C)cc(C(C)(C)C)c2[O-])Cc2cc(C(C)(C)C)cc(C(C)(C)C)c2[O-])c([O-])c(C(C)(C)C)c1.[Ti+4]. The normalized spacial score (nSPS) is 13.2. The Morgan fingerprint density at radius 3 is 0.842 bits per heavy atom. The van der Waals surface area contributed by atoms with Crippen molar-refractivity contribution in [3.05, 3.63) is 98.3 Å². The Kier molecular flexibility index (Phi) is 16.8. The van der Waals surface area contributed by atoms with E-state index < -0.39 is 0 Å². The van der Waals surface area contributed by atoms with E-state index in [0.29, 0.717) is 36.3 Å². The van der Waals surface area contributed by atoms with Gasteiger partial charge in [-0.3, -0.25) is 9.69 Å². The molecule has 0 aliphatic heterocycles. The number of hydrogen-bond acceptors (Lipinski definition) is 6. The van der Waals surface area contributed by atoms with Crippen molar-refractivity contribution >= 4 is 5.78 Å². The molecule has 0 aliphatic carbocycles. The number of carbonyl (C=O) groups excluding carboxylic acids is 1. The van der Waals surface area contributed by atoms with Crippen molar-refractivity contribution in [3.8, 4) is 17.2 Å². The second-order valence-electron chi connectivity index (χ2n) is 22.0. The minimum Gasteiger partial charge on any atom is -0.876 e. The maximum absolute atomic E-state index is 14.3. The van der Waals surface area contributed by atoms with E-state index in [0.717, 1.165) is 39.5 Å². The fourth-order valence-corrected chi connectivity index (χ4v) is 6.57. The van der Waals surface area contributed by atoms with Crippen LogP contribution in [0.5, 0.6) is 17.2 Å². The van der Waals surface area contributed by atoms with Gasteiger partial charge in [0.2, 0.25) is 0 Å².